The van der Waals surface area contributed by atoms with E-state index in [2.05, 4.69) is 4.98 Å². The number of esters is 1. The Labute approximate surface area is 201 Å². The highest BCUT2D eigenvalue weighted by Gasteiger charge is 2.39. The summed E-state index contributed by atoms with van der Waals surface area (Å²) in [7, 11) is 1.54. The second-order valence-electron chi connectivity index (χ2n) is 8.77. The monoisotopic (exact) mass is 487 g/mol. The standard InChI is InChI=1S/C25H27F2N3O5/c1-3-35-24(31)19-11-21-17(10-20(30(21)14-28-19)15-4-6-33-12-15)18-8-16(23(26)27)9-22(29-18)25(32-2)5-7-34-13-25/h8-11,14-15,23H,3-7,12-13H2,1-2H3/t15?,25-/m1/s1. The molecular formula is C25H27F2N3O5. The first-order valence-corrected chi connectivity index (χ1v) is 11.7. The number of aromatic nitrogens is 3. The van der Waals surface area contributed by atoms with Crippen LogP contribution in [0.5, 0.6) is 0 Å². The van der Waals surface area contributed by atoms with E-state index in [1.807, 2.05) is 10.5 Å². The molecule has 2 aliphatic rings. The number of fused-ring (bicyclic) bond motifs is 1. The zero-order chi connectivity index (χ0) is 24.6. The van der Waals surface area contributed by atoms with Crippen LogP contribution in [0.25, 0.3) is 16.8 Å². The molecule has 5 rings (SSSR count). The summed E-state index contributed by atoms with van der Waals surface area (Å²) in [5.41, 5.74) is 2.02. The van der Waals surface area contributed by atoms with Gasteiger partial charge in [-0.3, -0.25) is 0 Å². The van der Waals surface area contributed by atoms with Gasteiger partial charge in [-0.2, -0.15) is 0 Å². The molecule has 0 bridgehead atoms. The maximum atomic E-state index is 14.0. The molecule has 5 heterocycles. The van der Waals surface area contributed by atoms with E-state index in [1.165, 1.54) is 19.2 Å². The van der Waals surface area contributed by atoms with Crippen molar-refractivity contribution in [3.8, 4) is 11.3 Å². The van der Waals surface area contributed by atoms with Gasteiger partial charge in [-0.1, -0.05) is 0 Å². The molecule has 10 heteroatoms. The maximum Gasteiger partial charge on any atom is 0.357 e. The molecule has 35 heavy (non-hydrogen) atoms. The molecule has 3 aromatic rings. The van der Waals surface area contributed by atoms with Gasteiger partial charge >= 0.3 is 5.97 Å². The van der Waals surface area contributed by atoms with E-state index in [4.69, 9.17) is 23.9 Å². The van der Waals surface area contributed by atoms with Crippen LogP contribution < -0.4 is 0 Å². The lowest BCUT2D eigenvalue weighted by molar-refractivity contribution is -0.0247. The summed E-state index contributed by atoms with van der Waals surface area (Å²) in [5.74, 6) is -0.442. The fourth-order valence-electron chi connectivity index (χ4n) is 4.79. The van der Waals surface area contributed by atoms with Crippen molar-refractivity contribution in [1.29, 1.82) is 0 Å². The molecule has 2 saturated heterocycles. The SMILES string of the molecule is CCOC(=O)c1cc2c(-c3cc(C(F)F)cc([C@@]4(OC)CCOC4)n3)cc(C3CCOC3)n2cn1. The second kappa shape index (κ2) is 9.60. The third-order valence-electron chi connectivity index (χ3n) is 6.74. The van der Waals surface area contributed by atoms with Crippen LogP contribution in [0.15, 0.2) is 30.6 Å². The minimum atomic E-state index is -2.69. The van der Waals surface area contributed by atoms with Gasteiger partial charge in [-0.15, -0.1) is 0 Å². The summed E-state index contributed by atoms with van der Waals surface area (Å²) in [5, 5.41) is 0. The highest BCUT2D eigenvalue weighted by molar-refractivity contribution is 5.91. The van der Waals surface area contributed by atoms with E-state index in [1.54, 1.807) is 19.3 Å². The molecular weight excluding hydrogens is 460 g/mol. The number of alkyl halides is 2. The van der Waals surface area contributed by atoms with Gasteiger partial charge < -0.3 is 23.3 Å². The Bertz CT molecular complexity index is 1230. The fourth-order valence-corrected chi connectivity index (χ4v) is 4.79. The number of ether oxygens (including phenoxy) is 4. The molecule has 2 aliphatic heterocycles. The van der Waals surface area contributed by atoms with E-state index >= 15 is 0 Å². The average Bonchev–Trinajstić information content (AvgIpc) is 3.63. The summed E-state index contributed by atoms with van der Waals surface area (Å²) in [4.78, 5) is 21.5. The van der Waals surface area contributed by atoms with Crippen LogP contribution in [0.2, 0.25) is 0 Å². The molecule has 0 radical (unpaired) electrons. The molecule has 1 unspecified atom stereocenters. The van der Waals surface area contributed by atoms with Crippen LogP contribution in [0.1, 0.15) is 59.5 Å². The number of nitrogens with zero attached hydrogens (tertiary/aromatic N) is 3. The Balaban J connectivity index is 1.71. The van der Waals surface area contributed by atoms with Gasteiger partial charge in [-0.05, 0) is 37.6 Å². The fraction of sp³-hybridized carbons (Fsp3) is 0.480. The third-order valence-corrected chi connectivity index (χ3v) is 6.74. The zero-order valence-corrected chi connectivity index (χ0v) is 19.6. The number of hydrogen-bond donors (Lipinski definition) is 0. The summed E-state index contributed by atoms with van der Waals surface area (Å²) < 4.78 is 51.8. The topological polar surface area (TPSA) is 84.2 Å². The normalized spacial score (nSPS) is 22.4. The number of methoxy groups -OCH3 is 1. The number of halogens is 2. The lowest BCUT2D eigenvalue weighted by Crippen LogP contribution is -2.30. The summed E-state index contributed by atoms with van der Waals surface area (Å²) in [6.07, 6.45) is 0.212. The highest BCUT2D eigenvalue weighted by Crippen LogP contribution is 2.39. The van der Waals surface area contributed by atoms with Gasteiger partial charge in [-0.25, -0.2) is 23.5 Å². The summed E-state index contributed by atoms with van der Waals surface area (Å²) in [6.45, 7) is 3.82. The smallest absolute Gasteiger partial charge is 0.357 e. The molecule has 0 saturated carbocycles. The van der Waals surface area contributed by atoms with E-state index < -0.39 is 18.0 Å². The number of rotatable bonds is 7. The van der Waals surface area contributed by atoms with E-state index in [0.717, 1.165) is 12.1 Å². The second-order valence-corrected chi connectivity index (χ2v) is 8.77. The Morgan fingerprint density at radius 1 is 1.26 bits per heavy atom. The Morgan fingerprint density at radius 2 is 2.11 bits per heavy atom. The molecule has 3 aromatic heterocycles. The van der Waals surface area contributed by atoms with Gasteiger partial charge in [0.15, 0.2) is 5.69 Å². The van der Waals surface area contributed by atoms with Crippen molar-refractivity contribution >= 4 is 11.5 Å². The zero-order valence-electron chi connectivity index (χ0n) is 19.6. The van der Waals surface area contributed by atoms with Gasteiger partial charge in [0.25, 0.3) is 6.43 Å². The Kier molecular flexibility index (Phi) is 6.52. The van der Waals surface area contributed by atoms with Crippen molar-refractivity contribution in [1.82, 2.24) is 14.4 Å². The molecule has 0 amide bonds. The first-order chi connectivity index (χ1) is 17.0. The van der Waals surface area contributed by atoms with E-state index in [9.17, 15) is 13.6 Å². The minimum Gasteiger partial charge on any atom is -0.461 e. The van der Waals surface area contributed by atoms with Crippen LogP contribution in [-0.4, -0.2) is 60.5 Å². The van der Waals surface area contributed by atoms with Gasteiger partial charge in [0.2, 0.25) is 0 Å². The minimum absolute atomic E-state index is 0.109. The summed E-state index contributed by atoms with van der Waals surface area (Å²) >= 11 is 0. The van der Waals surface area contributed by atoms with Crippen molar-refractivity contribution in [2.45, 2.75) is 37.7 Å². The maximum absolute atomic E-state index is 14.0. The van der Waals surface area contributed by atoms with Crippen LogP contribution in [0, 0.1) is 0 Å². The molecule has 186 valence electrons. The quantitative estimate of drug-likeness (QED) is 0.460. The van der Waals surface area contributed by atoms with E-state index in [-0.39, 0.29) is 30.4 Å². The predicted molar refractivity (Wildman–Crippen MR) is 122 cm³/mol. The number of carbonyl (C=O) groups is 1. The van der Waals surface area contributed by atoms with Gasteiger partial charge in [0.1, 0.15) is 11.9 Å². The van der Waals surface area contributed by atoms with Crippen molar-refractivity contribution in [2.24, 2.45) is 0 Å². The van der Waals surface area contributed by atoms with Crippen LogP contribution in [0.3, 0.4) is 0 Å². The number of hydrogen-bond acceptors (Lipinski definition) is 7. The molecule has 8 nitrogen and oxygen atoms in total. The van der Waals surface area contributed by atoms with Crippen molar-refractivity contribution < 1.29 is 32.5 Å². The largest absolute Gasteiger partial charge is 0.461 e. The molecule has 2 atom stereocenters. The first-order valence-electron chi connectivity index (χ1n) is 11.7. The number of carbonyl (C=O) groups excluding carboxylic acids is 1. The summed E-state index contributed by atoms with van der Waals surface area (Å²) in [6, 6.07) is 6.33. The van der Waals surface area contributed by atoms with Crippen LogP contribution in [0.4, 0.5) is 8.78 Å². The lowest BCUT2D eigenvalue weighted by Gasteiger charge is -2.26. The van der Waals surface area contributed by atoms with E-state index in [0.29, 0.717) is 48.7 Å². The van der Waals surface area contributed by atoms with Gasteiger partial charge in [0, 0.05) is 49.5 Å². The average molecular weight is 488 g/mol. The van der Waals surface area contributed by atoms with Crippen molar-refractivity contribution in [3.05, 3.63) is 53.2 Å². The first kappa shape index (κ1) is 23.8. The Hall–Kier alpha value is -2.95. The number of pyridine rings is 1. The molecule has 0 aromatic carbocycles. The Morgan fingerprint density at radius 3 is 2.77 bits per heavy atom. The van der Waals surface area contributed by atoms with Crippen molar-refractivity contribution in [3.63, 3.8) is 0 Å². The molecule has 2 fully saturated rings. The van der Waals surface area contributed by atoms with Crippen LogP contribution >= 0.6 is 0 Å². The molecule has 0 aliphatic carbocycles. The lowest BCUT2D eigenvalue weighted by atomic mass is 9.95. The third kappa shape index (κ3) is 4.30. The molecule has 0 N–H and O–H groups in total. The predicted octanol–water partition coefficient (Wildman–Crippen LogP) is 4.28. The van der Waals surface area contributed by atoms with Crippen molar-refractivity contribution in [2.75, 3.05) is 40.1 Å². The van der Waals surface area contributed by atoms with Crippen LogP contribution in [-0.2, 0) is 24.5 Å². The van der Waals surface area contributed by atoms with Gasteiger partial charge in [0.05, 0.1) is 36.7 Å². The molecule has 0 spiro atoms. The highest BCUT2D eigenvalue weighted by atomic mass is 19.3.